The number of aryl methyl sites for hydroxylation is 1. The number of furan rings is 1. The molecule has 112 valence electrons. The van der Waals surface area contributed by atoms with E-state index < -0.39 is 0 Å². The van der Waals surface area contributed by atoms with E-state index >= 15 is 0 Å². The van der Waals surface area contributed by atoms with E-state index in [2.05, 4.69) is 0 Å². The Labute approximate surface area is 142 Å². The van der Waals surface area contributed by atoms with Crippen molar-refractivity contribution in [3.63, 3.8) is 0 Å². The van der Waals surface area contributed by atoms with Crippen LogP contribution in [0.25, 0.3) is 6.08 Å². The lowest BCUT2D eigenvalue weighted by Crippen LogP contribution is -2.27. The summed E-state index contributed by atoms with van der Waals surface area (Å²) in [5.41, 5.74) is 0.799. The number of thiocarbonyl (C=S) groups is 1. The molecule has 2 heterocycles. The van der Waals surface area contributed by atoms with Crippen LogP contribution in [0.2, 0.25) is 0 Å². The summed E-state index contributed by atoms with van der Waals surface area (Å²) >= 11 is 8.30. The molecule has 3 nitrogen and oxygen atoms in total. The molecule has 1 aromatic heterocycles. The number of nitrogens with zero attached hydrogens (tertiary/aromatic N) is 1. The highest BCUT2D eigenvalue weighted by Gasteiger charge is 2.33. The van der Waals surface area contributed by atoms with Crippen LogP contribution in [0.3, 0.4) is 0 Å². The van der Waals surface area contributed by atoms with Crippen molar-refractivity contribution in [2.45, 2.75) is 11.8 Å². The van der Waals surface area contributed by atoms with Gasteiger partial charge in [0.25, 0.3) is 5.91 Å². The number of hydrogen-bond donors (Lipinski definition) is 0. The Morgan fingerprint density at radius 2 is 2.14 bits per heavy atom. The van der Waals surface area contributed by atoms with Crippen LogP contribution in [-0.4, -0.2) is 16.5 Å². The second-order valence-electron chi connectivity index (χ2n) is 4.67. The van der Waals surface area contributed by atoms with Gasteiger partial charge in [-0.3, -0.25) is 9.69 Å². The molecule has 1 aromatic carbocycles. The molecule has 1 saturated heterocycles. The summed E-state index contributed by atoms with van der Waals surface area (Å²) < 4.78 is 6.04. The van der Waals surface area contributed by atoms with Gasteiger partial charge in [-0.25, -0.2) is 0 Å². The summed E-state index contributed by atoms with van der Waals surface area (Å²) in [5.74, 6) is 1.37. The van der Waals surface area contributed by atoms with Crippen molar-refractivity contribution >= 4 is 57.7 Å². The number of anilines is 1. The van der Waals surface area contributed by atoms with E-state index in [9.17, 15) is 4.79 Å². The molecule has 0 saturated carbocycles. The number of rotatable bonds is 3. The van der Waals surface area contributed by atoms with Gasteiger partial charge in [-0.05, 0) is 43.5 Å². The van der Waals surface area contributed by atoms with E-state index in [-0.39, 0.29) is 5.91 Å². The third-order valence-electron chi connectivity index (χ3n) is 3.14. The van der Waals surface area contributed by atoms with Gasteiger partial charge in [0.05, 0.1) is 10.6 Å². The quantitative estimate of drug-likeness (QED) is 0.456. The fraction of sp³-hybridized carbons (Fsp3) is 0.125. The highest BCUT2D eigenvalue weighted by atomic mass is 32.2. The molecular formula is C16H13NO2S3. The minimum atomic E-state index is -0.109. The zero-order chi connectivity index (χ0) is 15.7. The maximum Gasteiger partial charge on any atom is 0.270 e. The lowest BCUT2D eigenvalue weighted by molar-refractivity contribution is -0.113. The van der Waals surface area contributed by atoms with Crippen molar-refractivity contribution < 1.29 is 9.21 Å². The predicted molar refractivity (Wildman–Crippen MR) is 97.3 cm³/mol. The highest BCUT2D eigenvalue weighted by Crippen LogP contribution is 2.37. The zero-order valence-corrected chi connectivity index (χ0v) is 14.5. The first-order chi connectivity index (χ1) is 10.6. The Kier molecular flexibility index (Phi) is 4.42. The SMILES string of the molecule is CSc1cccc(N2C(=O)/C(=C\c3ccc(C)o3)SC2=S)c1. The third kappa shape index (κ3) is 2.99. The van der Waals surface area contributed by atoms with E-state index in [0.717, 1.165) is 16.3 Å². The second-order valence-corrected chi connectivity index (χ2v) is 7.22. The number of thioether (sulfide) groups is 2. The standard InChI is InChI=1S/C16H13NO2S3/c1-10-6-7-12(19-10)9-14-15(18)17(16(20)22-14)11-4-3-5-13(8-11)21-2/h3-9H,1-2H3/b14-9+. The molecule has 1 fully saturated rings. The maximum absolute atomic E-state index is 12.6. The number of amides is 1. The first-order valence-electron chi connectivity index (χ1n) is 6.57. The Morgan fingerprint density at radius 1 is 1.32 bits per heavy atom. The van der Waals surface area contributed by atoms with Crippen molar-refractivity contribution in [1.29, 1.82) is 0 Å². The van der Waals surface area contributed by atoms with Crippen molar-refractivity contribution in [3.8, 4) is 0 Å². The topological polar surface area (TPSA) is 33.5 Å². The minimum absolute atomic E-state index is 0.109. The molecule has 1 amide bonds. The summed E-state index contributed by atoms with van der Waals surface area (Å²) in [6.45, 7) is 1.87. The van der Waals surface area contributed by atoms with Crippen LogP contribution < -0.4 is 4.90 Å². The average Bonchev–Trinajstić information content (AvgIpc) is 3.03. The monoisotopic (exact) mass is 347 g/mol. The summed E-state index contributed by atoms with van der Waals surface area (Å²) in [4.78, 5) is 15.9. The first kappa shape index (κ1) is 15.4. The van der Waals surface area contributed by atoms with Crippen LogP contribution in [0.4, 0.5) is 5.69 Å². The molecular weight excluding hydrogens is 334 g/mol. The molecule has 2 aromatic rings. The largest absolute Gasteiger partial charge is 0.462 e. The van der Waals surface area contributed by atoms with Crippen LogP contribution in [0, 0.1) is 6.92 Å². The van der Waals surface area contributed by atoms with E-state index in [4.69, 9.17) is 16.6 Å². The van der Waals surface area contributed by atoms with Gasteiger partial charge < -0.3 is 4.42 Å². The number of benzene rings is 1. The van der Waals surface area contributed by atoms with Gasteiger partial charge in [-0.2, -0.15) is 0 Å². The molecule has 0 atom stereocenters. The molecule has 0 radical (unpaired) electrons. The van der Waals surface area contributed by atoms with Crippen molar-refractivity contribution in [2.75, 3.05) is 11.2 Å². The number of hydrogen-bond acceptors (Lipinski definition) is 5. The van der Waals surface area contributed by atoms with Gasteiger partial charge >= 0.3 is 0 Å². The van der Waals surface area contributed by atoms with Gasteiger partial charge in [0.15, 0.2) is 4.32 Å². The molecule has 3 rings (SSSR count). The Bertz CT molecular complexity index is 779. The fourth-order valence-electron chi connectivity index (χ4n) is 2.10. The van der Waals surface area contributed by atoms with Gasteiger partial charge in [0, 0.05) is 11.0 Å². The fourth-order valence-corrected chi connectivity index (χ4v) is 3.83. The minimum Gasteiger partial charge on any atom is -0.462 e. The van der Waals surface area contributed by atoms with Gasteiger partial charge in [-0.1, -0.05) is 30.0 Å². The van der Waals surface area contributed by atoms with Crippen LogP contribution >= 0.6 is 35.7 Å². The van der Waals surface area contributed by atoms with Crippen LogP contribution in [0.15, 0.2) is 50.6 Å². The molecule has 0 spiro atoms. The van der Waals surface area contributed by atoms with Crippen molar-refractivity contribution in [1.82, 2.24) is 0 Å². The molecule has 0 N–H and O–H groups in total. The summed E-state index contributed by atoms with van der Waals surface area (Å²) in [6, 6.07) is 11.5. The average molecular weight is 347 g/mol. The zero-order valence-electron chi connectivity index (χ0n) is 12.0. The number of carbonyl (C=O) groups is 1. The Balaban J connectivity index is 1.92. The summed E-state index contributed by atoms with van der Waals surface area (Å²) in [6.07, 6.45) is 3.74. The van der Waals surface area contributed by atoms with E-state index in [1.54, 1.807) is 22.7 Å². The summed E-state index contributed by atoms with van der Waals surface area (Å²) in [7, 11) is 0. The van der Waals surface area contributed by atoms with Gasteiger partial charge in [-0.15, -0.1) is 11.8 Å². The Hall–Kier alpha value is -1.50. The normalized spacial score (nSPS) is 16.8. The highest BCUT2D eigenvalue weighted by molar-refractivity contribution is 8.27. The van der Waals surface area contributed by atoms with Gasteiger partial charge in [0.1, 0.15) is 11.5 Å². The van der Waals surface area contributed by atoms with Gasteiger partial charge in [0.2, 0.25) is 0 Å². The smallest absolute Gasteiger partial charge is 0.270 e. The molecule has 6 heteroatoms. The summed E-state index contributed by atoms with van der Waals surface area (Å²) in [5, 5.41) is 0. The molecule has 0 unspecified atom stereocenters. The van der Waals surface area contributed by atoms with Crippen LogP contribution in [0.5, 0.6) is 0 Å². The van der Waals surface area contributed by atoms with Crippen molar-refractivity contribution in [3.05, 3.63) is 52.8 Å². The molecule has 1 aliphatic heterocycles. The molecule has 0 aliphatic carbocycles. The molecule has 0 bridgehead atoms. The van der Waals surface area contributed by atoms with E-state index in [1.165, 1.54) is 11.8 Å². The van der Waals surface area contributed by atoms with E-state index in [0.29, 0.717) is 15.0 Å². The number of carbonyl (C=O) groups excluding carboxylic acids is 1. The maximum atomic E-state index is 12.6. The van der Waals surface area contributed by atoms with Crippen LogP contribution in [0.1, 0.15) is 11.5 Å². The van der Waals surface area contributed by atoms with Crippen LogP contribution in [-0.2, 0) is 4.79 Å². The first-order valence-corrected chi connectivity index (χ1v) is 9.02. The lowest BCUT2D eigenvalue weighted by atomic mass is 10.3. The lowest BCUT2D eigenvalue weighted by Gasteiger charge is -2.15. The Morgan fingerprint density at radius 3 is 2.82 bits per heavy atom. The van der Waals surface area contributed by atoms with Crippen molar-refractivity contribution in [2.24, 2.45) is 0 Å². The predicted octanol–water partition coefficient (Wildman–Crippen LogP) is 4.72. The van der Waals surface area contributed by atoms with E-state index in [1.807, 2.05) is 49.6 Å². The third-order valence-corrected chi connectivity index (χ3v) is 5.17. The molecule has 22 heavy (non-hydrogen) atoms. The second kappa shape index (κ2) is 6.32. The molecule has 1 aliphatic rings.